The molecule has 4 aromatic rings. The molecular formula is C24H22N4O6. The second-order valence-electron chi connectivity index (χ2n) is 7.81. The Morgan fingerprint density at radius 3 is 2.53 bits per heavy atom. The summed E-state index contributed by atoms with van der Waals surface area (Å²) in [6.07, 6.45) is -1.56. The zero-order valence-corrected chi connectivity index (χ0v) is 18.0. The minimum Gasteiger partial charge on any atom is -0.483 e. The van der Waals surface area contributed by atoms with E-state index in [0.29, 0.717) is 23.6 Å². The Morgan fingerprint density at radius 1 is 1.03 bits per heavy atom. The van der Waals surface area contributed by atoms with Gasteiger partial charge in [-0.25, -0.2) is 14.8 Å². The second kappa shape index (κ2) is 9.56. The molecule has 1 fully saturated rings. The Hall–Kier alpha value is -3.86. The number of esters is 1. The van der Waals surface area contributed by atoms with Crippen LogP contribution in [-0.4, -0.2) is 60.7 Å². The van der Waals surface area contributed by atoms with Crippen LogP contribution in [0.15, 0.2) is 73.2 Å². The van der Waals surface area contributed by atoms with Crippen molar-refractivity contribution in [1.29, 1.82) is 0 Å². The molecule has 0 aliphatic carbocycles. The normalized spacial score (nSPS) is 22.1. The van der Waals surface area contributed by atoms with Gasteiger partial charge in [0.25, 0.3) is 0 Å². The molecule has 1 aliphatic rings. The van der Waals surface area contributed by atoms with Crippen LogP contribution in [0.3, 0.4) is 0 Å². The standard InChI is InChI=1S/C24H22N4O6/c29-19-18(13-33-24(31)16-9-5-2-6-10-16)34-21(20(19)30)22-26-23-17(11-25-14-28(23)27-22)32-12-15-7-3-1-4-8-15/h1-11,14,18-21,29-30H,12-13H2/t18-,19-,20-,21-/m1/s1. The van der Waals surface area contributed by atoms with E-state index in [9.17, 15) is 15.0 Å². The first kappa shape index (κ1) is 22.0. The number of carbonyl (C=O) groups excluding carboxylic acids is 1. The van der Waals surface area contributed by atoms with Crippen molar-refractivity contribution in [2.45, 2.75) is 31.0 Å². The lowest BCUT2D eigenvalue weighted by molar-refractivity contribution is -0.0359. The van der Waals surface area contributed by atoms with Crippen LogP contribution in [0.5, 0.6) is 5.75 Å². The molecule has 10 nitrogen and oxygen atoms in total. The van der Waals surface area contributed by atoms with Gasteiger partial charge in [0.2, 0.25) is 5.65 Å². The van der Waals surface area contributed by atoms with Gasteiger partial charge in [0.1, 0.15) is 44.0 Å². The highest BCUT2D eigenvalue weighted by atomic mass is 16.6. The van der Waals surface area contributed by atoms with Crippen LogP contribution in [0, 0.1) is 0 Å². The fourth-order valence-corrected chi connectivity index (χ4v) is 3.68. The number of aromatic nitrogens is 4. The quantitative estimate of drug-likeness (QED) is 0.395. The SMILES string of the molecule is O=C(OC[C@H]1O[C@@H](c2nc3c(OCc4ccccc4)cncn3n2)[C@H](O)[C@@H]1O)c1ccccc1. The van der Waals surface area contributed by atoms with Gasteiger partial charge >= 0.3 is 5.97 Å². The van der Waals surface area contributed by atoms with E-state index in [1.807, 2.05) is 30.3 Å². The van der Waals surface area contributed by atoms with Gasteiger partial charge in [-0.15, -0.1) is 5.10 Å². The van der Waals surface area contributed by atoms with Crippen molar-refractivity contribution in [3.63, 3.8) is 0 Å². The average molecular weight is 462 g/mol. The van der Waals surface area contributed by atoms with Crippen molar-refractivity contribution in [2.75, 3.05) is 6.61 Å². The maximum atomic E-state index is 12.2. The van der Waals surface area contributed by atoms with Crippen molar-refractivity contribution in [3.8, 4) is 5.75 Å². The van der Waals surface area contributed by atoms with Crippen LogP contribution in [0.2, 0.25) is 0 Å². The molecule has 0 amide bonds. The van der Waals surface area contributed by atoms with Gasteiger partial charge in [-0.1, -0.05) is 48.5 Å². The first-order chi connectivity index (χ1) is 16.6. The van der Waals surface area contributed by atoms with Crippen LogP contribution in [0.25, 0.3) is 5.65 Å². The molecule has 2 aromatic carbocycles. The number of rotatable bonds is 7. The van der Waals surface area contributed by atoms with E-state index in [1.54, 1.807) is 30.3 Å². The Labute approximate surface area is 194 Å². The predicted molar refractivity (Wildman–Crippen MR) is 118 cm³/mol. The number of hydrogen-bond acceptors (Lipinski definition) is 9. The summed E-state index contributed by atoms with van der Waals surface area (Å²) < 4.78 is 18.3. The van der Waals surface area contributed by atoms with Crippen molar-refractivity contribution < 1.29 is 29.2 Å². The Bertz CT molecular complexity index is 1270. The van der Waals surface area contributed by atoms with Crippen molar-refractivity contribution >= 4 is 11.6 Å². The number of nitrogens with zero attached hydrogens (tertiary/aromatic N) is 4. The molecule has 2 N–H and O–H groups in total. The second-order valence-corrected chi connectivity index (χ2v) is 7.81. The molecule has 1 saturated heterocycles. The topological polar surface area (TPSA) is 128 Å². The van der Waals surface area contributed by atoms with Gasteiger partial charge in [0.05, 0.1) is 11.8 Å². The van der Waals surface area contributed by atoms with Crippen molar-refractivity contribution in [1.82, 2.24) is 19.6 Å². The minimum atomic E-state index is -1.31. The molecule has 0 saturated carbocycles. The number of ether oxygens (including phenoxy) is 3. The molecule has 0 bridgehead atoms. The summed E-state index contributed by atoms with van der Waals surface area (Å²) >= 11 is 0. The summed E-state index contributed by atoms with van der Waals surface area (Å²) in [6, 6.07) is 18.1. The van der Waals surface area contributed by atoms with E-state index >= 15 is 0 Å². The van der Waals surface area contributed by atoms with Crippen molar-refractivity contribution in [3.05, 3.63) is 90.1 Å². The summed E-state index contributed by atoms with van der Waals surface area (Å²) in [5.74, 6) is 0.0129. The lowest BCUT2D eigenvalue weighted by Crippen LogP contribution is -2.34. The number of benzene rings is 2. The molecule has 0 spiro atoms. The van der Waals surface area contributed by atoms with E-state index in [-0.39, 0.29) is 12.4 Å². The zero-order chi connectivity index (χ0) is 23.5. The van der Waals surface area contributed by atoms with Gasteiger partial charge < -0.3 is 24.4 Å². The van der Waals surface area contributed by atoms with Gasteiger partial charge in [-0.3, -0.25) is 0 Å². The molecule has 1 aliphatic heterocycles. The molecule has 0 radical (unpaired) electrons. The Kier molecular flexibility index (Phi) is 6.17. The van der Waals surface area contributed by atoms with E-state index < -0.39 is 30.4 Å². The van der Waals surface area contributed by atoms with E-state index in [0.717, 1.165) is 5.56 Å². The maximum absolute atomic E-state index is 12.2. The molecule has 10 heteroatoms. The predicted octanol–water partition coefficient (Wildman–Crippen LogP) is 1.72. The lowest BCUT2D eigenvalue weighted by atomic mass is 10.1. The molecule has 2 aromatic heterocycles. The van der Waals surface area contributed by atoms with Crippen LogP contribution in [-0.2, 0) is 16.1 Å². The van der Waals surface area contributed by atoms with E-state index in [1.165, 1.54) is 17.0 Å². The van der Waals surface area contributed by atoms with Gasteiger partial charge in [-0.05, 0) is 17.7 Å². The van der Waals surface area contributed by atoms with Crippen LogP contribution >= 0.6 is 0 Å². The van der Waals surface area contributed by atoms with Crippen molar-refractivity contribution in [2.24, 2.45) is 0 Å². The maximum Gasteiger partial charge on any atom is 0.338 e. The van der Waals surface area contributed by atoms with Gasteiger partial charge in [0.15, 0.2) is 11.6 Å². The highest BCUT2D eigenvalue weighted by Crippen LogP contribution is 2.33. The monoisotopic (exact) mass is 462 g/mol. The number of aliphatic hydroxyl groups excluding tert-OH is 2. The third-order valence-electron chi connectivity index (χ3n) is 5.48. The molecule has 5 rings (SSSR count). The van der Waals surface area contributed by atoms with Crippen LogP contribution in [0.1, 0.15) is 27.8 Å². The zero-order valence-electron chi connectivity index (χ0n) is 18.0. The van der Waals surface area contributed by atoms with Crippen LogP contribution in [0.4, 0.5) is 0 Å². The molecule has 0 unspecified atom stereocenters. The number of fused-ring (bicyclic) bond motifs is 1. The lowest BCUT2D eigenvalue weighted by Gasteiger charge is -2.14. The average Bonchev–Trinajstić information content (AvgIpc) is 3.43. The minimum absolute atomic E-state index is 0.154. The molecule has 3 heterocycles. The summed E-state index contributed by atoms with van der Waals surface area (Å²) in [4.78, 5) is 20.8. The fraction of sp³-hybridized carbons (Fsp3) is 0.250. The Morgan fingerprint density at radius 2 is 1.76 bits per heavy atom. The summed E-state index contributed by atoms with van der Waals surface area (Å²) in [7, 11) is 0. The summed E-state index contributed by atoms with van der Waals surface area (Å²) in [5, 5.41) is 25.3. The number of hydrogen-bond donors (Lipinski definition) is 2. The third kappa shape index (κ3) is 4.46. The van der Waals surface area contributed by atoms with Gasteiger partial charge in [-0.2, -0.15) is 4.52 Å². The Balaban J connectivity index is 1.29. The largest absolute Gasteiger partial charge is 0.483 e. The molecule has 4 atom stereocenters. The summed E-state index contributed by atoms with van der Waals surface area (Å²) in [5.41, 5.74) is 1.75. The first-order valence-electron chi connectivity index (χ1n) is 10.7. The molecule has 174 valence electrons. The highest BCUT2D eigenvalue weighted by molar-refractivity contribution is 5.89. The van der Waals surface area contributed by atoms with Crippen LogP contribution < -0.4 is 4.74 Å². The third-order valence-corrected chi connectivity index (χ3v) is 5.48. The molecule has 34 heavy (non-hydrogen) atoms. The van der Waals surface area contributed by atoms with E-state index in [4.69, 9.17) is 14.2 Å². The number of aliphatic hydroxyl groups is 2. The smallest absolute Gasteiger partial charge is 0.338 e. The summed E-state index contributed by atoms with van der Waals surface area (Å²) in [6.45, 7) is 0.0866. The van der Waals surface area contributed by atoms with E-state index in [2.05, 4.69) is 15.1 Å². The fourth-order valence-electron chi connectivity index (χ4n) is 3.68. The highest BCUT2D eigenvalue weighted by Gasteiger charge is 2.46. The van der Waals surface area contributed by atoms with Gasteiger partial charge in [0, 0.05) is 0 Å². The first-order valence-corrected chi connectivity index (χ1v) is 10.7. The number of carbonyl (C=O) groups is 1. The molecular weight excluding hydrogens is 440 g/mol.